The molecule has 31 heavy (non-hydrogen) atoms. The van der Waals surface area contributed by atoms with E-state index in [0.717, 1.165) is 0 Å². The first-order valence-corrected chi connectivity index (χ1v) is 11.6. The summed E-state index contributed by atoms with van der Waals surface area (Å²) in [5, 5.41) is 21.1. The lowest BCUT2D eigenvalue weighted by molar-refractivity contribution is -0.257. The van der Waals surface area contributed by atoms with Crippen LogP contribution < -0.4 is 0 Å². The smallest absolute Gasteiger partial charge is 0.303 e. The monoisotopic (exact) mass is 438 g/mol. The molecule has 0 spiro atoms. The van der Waals surface area contributed by atoms with Crippen LogP contribution >= 0.6 is 0 Å². The number of fused-ring (bicyclic) bond motifs is 5. The molecule has 4 aliphatic carbocycles. The molecule has 0 amide bonds. The maximum atomic E-state index is 17.2. The van der Waals surface area contributed by atoms with Gasteiger partial charge in [-0.25, -0.2) is 4.39 Å². The van der Waals surface area contributed by atoms with Crippen LogP contribution in [0.2, 0.25) is 0 Å². The van der Waals surface area contributed by atoms with Gasteiger partial charge >= 0.3 is 5.97 Å². The van der Waals surface area contributed by atoms with Crippen molar-refractivity contribution in [1.29, 1.82) is 0 Å². The van der Waals surface area contributed by atoms with Gasteiger partial charge in [-0.3, -0.25) is 14.4 Å². The molecule has 0 unspecified atom stereocenters. The van der Waals surface area contributed by atoms with Crippen molar-refractivity contribution >= 4 is 17.5 Å². The molecule has 0 saturated heterocycles. The average molecular weight is 439 g/mol. The normalized spacial score (nSPS) is 51.5. The van der Waals surface area contributed by atoms with Crippen LogP contribution in [0.3, 0.4) is 0 Å². The summed E-state index contributed by atoms with van der Waals surface area (Å²) in [5.41, 5.74) is -5.23. The molecule has 4 rings (SSSR count). The van der Waals surface area contributed by atoms with Crippen LogP contribution in [0, 0.1) is 34.5 Å². The van der Waals surface area contributed by atoms with Crippen LogP contribution in [0.5, 0.6) is 0 Å². The van der Waals surface area contributed by atoms with E-state index >= 15 is 4.39 Å². The van der Waals surface area contributed by atoms with Gasteiger partial charge in [-0.05, 0) is 49.9 Å². The fourth-order valence-electron chi connectivity index (χ4n) is 8.58. The number of esters is 1. The lowest BCUT2D eigenvalue weighted by Gasteiger charge is -2.65. The summed E-state index contributed by atoms with van der Waals surface area (Å²) in [6.07, 6.45) is 1.47. The van der Waals surface area contributed by atoms with Crippen LogP contribution in [0.25, 0.3) is 0 Å². The van der Waals surface area contributed by atoms with E-state index in [1.165, 1.54) is 6.92 Å². The zero-order valence-corrected chi connectivity index (χ0v) is 18.9. The topological polar surface area (TPSA) is 101 Å². The Bertz CT molecular complexity index is 814. The Morgan fingerprint density at radius 3 is 2.48 bits per heavy atom. The molecule has 0 aliphatic heterocycles. The number of aliphatic hydroxyl groups is 2. The number of aliphatic hydroxyl groups excluding tert-OH is 2. The Morgan fingerprint density at radius 1 is 1.19 bits per heavy atom. The maximum Gasteiger partial charge on any atom is 0.303 e. The van der Waals surface area contributed by atoms with Gasteiger partial charge in [0.1, 0.15) is 18.1 Å². The highest BCUT2D eigenvalue weighted by atomic mass is 19.1. The van der Waals surface area contributed by atoms with Crippen molar-refractivity contribution in [2.75, 3.05) is 6.61 Å². The van der Waals surface area contributed by atoms with Crippen molar-refractivity contribution in [3.63, 3.8) is 0 Å². The highest BCUT2D eigenvalue weighted by Crippen LogP contribution is 2.72. The number of ketones is 2. The molecule has 4 saturated carbocycles. The first-order chi connectivity index (χ1) is 14.4. The summed E-state index contributed by atoms with van der Waals surface area (Å²) in [5.74, 6) is -2.31. The van der Waals surface area contributed by atoms with Gasteiger partial charge in [0.25, 0.3) is 0 Å². The van der Waals surface area contributed by atoms with Crippen LogP contribution in [0.4, 0.5) is 4.39 Å². The van der Waals surface area contributed by atoms with Crippen molar-refractivity contribution in [3.8, 4) is 0 Å². The fourth-order valence-corrected chi connectivity index (χ4v) is 8.58. The Hall–Kier alpha value is -1.34. The Labute approximate surface area is 182 Å². The fraction of sp³-hybridized carbons (Fsp3) is 0.875. The van der Waals surface area contributed by atoms with Crippen LogP contribution in [-0.2, 0) is 19.1 Å². The number of alkyl halides is 1. The summed E-state index contributed by atoms with van der Waals surface area (Å²) in [7, 11) is 0. The SMILES string of the molecule is CC(=O)O[C@@]1(C(=O)CO)[C@@H](C)C[C@H]2[C@@H]3CC[C@@H]4CC(=O)CC[C@]4(C)[C@@]3(F)[C@@H](O)C[C@@]21C. The van der Waals surface area contributed by atoms with Gasteiger partial charge in [0.2, 0.25) is 5.78 Å². The van der Waals surface area contributed by atoms with E-state index in [1.54, 1.807) is 0 Å². The van der Waals surface area contributed by atoms with Crippen molar-refractivity contribution in [2.24, 2.45) is 34.5 Å². The number of rotatable bonds is 3. The first-order valence-electron chi connectivity index (χ1n) is 11.6. The van der Waals surface area contributed by atoms with Crippen molar-refractivity contribution in [1.82, 2.24) is 0 Å². The molecule has 9 atom stereocenters. The molecule has 0 aromatic rings. The number of hydrogen-bond acceptors (Lipinski definition) is 6. The van der Waals surface area contributed by atoms with Crippen molar-refractivity contribution in [3.05, 3.63) is 0 Å². The van der Waals surface area contributed by atoms with E-state index < -0.39 is 58.4 Å². The van der Waals surface area contributed by atoms with Gasteiger partial charge < -0.3 is 14.9 Å². The third kappa shape index (κ3) is 2.65. The van der Waals surface area contributed by atoms with Gasteiger partial charge in [0.05, 0.1) is 6.10 Å². The second kappa shape index (κ2) is 7.08. The molecule has 0 bridgehead atoms. The number of carbonyl (C=O) groups excluding carboxylic acids is 3. The van der Waals surface area contributed by atoms with Gasteiger partial charge in [-0.15, -0.1) is 0 Å². The highest BCUT2D eigenvalue weighted by Gasteiger charge is 2.77. The number of carbonyl (C=O) groups is 3. The Kier molecular flexibility index (Phi) is 5.21. The molecule has 2 N–H and O–H groups in total. The molecule has 0 aromatic heterocycles. The largest absolute Gasteiger partial charge is 0.450 e. The third-order valence-corrected chi connectivity index (χ3v) is 9.96. The molecule has 0 aromatic carbocycles. The minimum Gasteiger partial charge on any atom is -0.450 e. The summed E-state index contributed by atoms with van der Waals surface area (Å²) in [6, 6.07) is 0. The summed E-state index contributed by atoms with van der Waals surface area (Å²) in [4.78, 5) is 37.2. The van der Waals surface area contributed by atoms with Crippen LogP contribution in [0.1, 0.15) is 72.6 Å². The number of hydrogen-bond donors (Lipinski definition) is 2. The molecule has 4 fully saturated rings. The van der Waals surface area contributed by atoms with Gasteiger partial charge in [0.15, 0.2) is 5.60 Å². The predicted molar refractivity (Wildman–Crippen MR) is 110 cm³/mol. The Balaban J connectivity index is 1.82. The lowest BCUT2D eigenvalue weighted by atomic mass is 9.42. The van der Waals surface area contributed by atoms with E-state index in [4.69, 9.17) is 4.74 Å². The van der Waals surface area contributed by atoms with Crippen LogP contribution in [0.15, 0.2) is 0 Å². The predicted octanol–water partition coefficient (Wildman–Crippen LogP) is 2.77. The van der Waals surface area contributed by atoms with Gasteiger partial charge in [-0.2, -0.15) is 0 Å². The second-order valence-corrected chi connectivity index (χ2v) is 11.1. The summed E-state index contributed by atoms with van der Waals surface area (Å²) < 4.78 is 22.9. The molecule has 174 valence electrons. The number of halogens is 1. The number of Topliss-reactive ketones (excluding diaryl/α,β-unsaturated/α-hetero) is 2. The van der Waals surface area contributed by atoms with Gasteiger partial charge in [-0.1, -0.05) is 20.8 Å². The van der Waals surface area contributed by atoms with Gasteiger partial charge in [0, 0.05) is 36.5 Å². The second-order valence-electron chi connectivity index (χ2n) is 11.1. The zero-order valence-electron chi connectivity index (χ0n) is 18.9. The number of ether oxygens (including phenoxy) is 1. The van der Waals surface area contributed by atoms with Crippen LogP contribution in [-0.4, -0.2) is 51.7 Å². The molecule has 6 nitrogen and oxygen atoms in total. The lowest BCUT2D eigenvalue weighted by Crippen LogP contribution is -2.71. The molecule has 0 radical (unpaired) electrons. The summed E-state index contributed by atoms with van der Waals surface area (Å²) in [6.45, 7) is 5.99. The van der Waals surface area contributed by atoms with E-state index in [9.17, 15) is 24.6 Å². The highest BCUT2D eigenvalue weighted by molar-refractivity contribution is 5.92. The van der Waals surface area contributed by atoms with E-state index in [0.29, 0.717) is 38.5 Å². The Morgan fingerprint density at radius 2 is 1.87 bits per heavy atom. The average Bonchev–Trinajstić information content (AvgIpc) is 2.90. The first kappa shape index (κ1) is 22.8. The summed E-state index contributed by atoms with van der Waals surface area (Å²) >= 11 is 0. The molecular weight excluding hydrogens is 403 g/mol. The minimum atomic E-state index is -1.87. The maximum absolute atomic E-state index is 17.2. The van der Waals surface area contributed by atoms with Crippen molar-refractivity contribution in [2.45, 2.75) is 90.0 Å². The molecular formula is C24H35FO6. The van der Waals surface area contributed by atoms with Crippen molar-refractivity contribution < 1.29 is 33.7 Å². The molecule has 7 heteroatoms. The van der Waals surface area contributed by atoms with E-state index in [1.807, 2.05) is 20.8 Å². The standard InChI is InChI=1S/C24H35FO6/c1-13-9-18-17-6-5-15-10-16(28)7-8-21(15,3)23(17,25)19(29)11-22(18,4)24(13,20(30)12-26)31-14(2)27/h13,15,17-19,26,29H,5-12H2,1-4H3/t13-,15+,17-,18-,19-,21-,22-,23-,24+/m0/s1. The third-order valence-electron chi connectivity index (χ3n) is 9.96. The minimum absolute atomic E-state index is 0.0235. The quantitative estimate of drug-likeness (QED) is 0.657. The molecule has 0 heterocycles. The van der Waals surface area contributed by atoms with E-state index in [2.05, 4.69) is 0 Å². The van der Waals surface area contributed by atoms with E-state index in [-0.39, 0.29) is 24.0 Å². The molecule has 4 aliphatic rings. The zero-order chi connectivity index (χ0) is 23.0.